The zero-order chi connectivity index (χ0) is 19.4. The van der Waals surface area contributed by atoms with E-state index in [4.69, 9.17) is 12.2 Å². The van der Waals surface area contributed by atoms with Gasteiger partial charge in [-0.15, -0.1) is 0 Å². The normalized spacial score (nSPS) is 19.0. The first-order valence-electron chi connectivity index (χ1n) is 9.94. The van der Waals surface area contributed by atoms with Crippen LogP contribution < -0.4 is 0 Å². The number of thiocarbonyl (C=S) groups is 1. The summed E-state index contributed by atoms with van der Waals surface area (Å²) in [6, 6.07) is 14.1. The van der Waals surface area contributed by atoms with E-state index in [0.29, 0.717) is 12.0 Å². The van der Waals surface area contributed by atoms with Gasteiger partial charge in [0.15, 0.2) is 5.78 Å². The van der Waals surface area contributed by atoms with Crippen LogP contribution in [0.4, 0.5) is 0 Å². The maximum Gasteiger partial charge on any atom is 0.167 e. The summed E-state index contributed by atoms with van der Waals surface area (Å²) in [6.45, 7) is 4.31. The Labute approximate surface area is 167 Å². The van der Waals surface area contributed by atoms with Crippen molar-refractivity contribution in [2.45, 2.75) is 58.8 Å². The van der Waals surface area contributed by atoms with Crippen LogP contribution in [0, 0.1) is 5.41 Å². The average Bonchev–Trinajstić information content (AvgIpc) is 2.66. The first kappa shape index (κ1) is 19.8. The topological polar surface area (TPSA) is 37.3 Å². The predicted octanol–water partition coefficient (Wildman–Crippen LogP) is 6.07. The van der Waals surface area contributed by atoms with E-state index in [0.717, 1.165) is 54.5 Å². The fraction of sp³-hybridized carbons (Fsp3) is 0.417. The highest BCUT2D eigenvalue weighted by atomic mass is 32.1. The van der Waals surface area contributed by atoms with Crippen molar-refractivity contribution < 1.29 is 9.90 Å². The fourth-order valence-electron chi connectivity index (χ4n) is 4.21. The van der Waals surface area contributed by atoms with Gasteiger partial charge < -0.3 is 5.11 Å². The Hall–Kier alpha value is -2.00. The molecule has 1 aliphatic carbocycles. The molecule has 2 nitrogen and oxygen atoms in total. The van der Waals surface area contributed by atoms with Gasteiger partial charge in [0.05, 0.1) is 5.56 Å². The number of hydrogen-bond donors (Lipinski definition) is 1. The van der Waals surface area contributed by atoms with Crippen molar-refractivity contribution in [1.29, 1.82) is 0 Å². The van der Waals surface area contributed by atoms with Crippen molar-refractivity contribution in [3.05, 3.63) is 64.7 Å². The molecule has 1 aliphatic rings. The molecule has 0 heterocycles. The van der Waals surface area contributed by atoms with E-state index < -0.39 is 0 Å². The number of fused-ring (bicyclic) bond motifs is 1. The summed E-state index contributed by atoms with van der Waals surface area (Å²) >= 11 is 5.57. The summed E-state index contributed by atoms with van der Waals surface area (Å²) in [5.74, 6) is 0.147. The summed E-state index contributed by atoms with van der Waals surface area (Å²) in [5, 5.41) is 10.5. The third kappa shape index (κ3) is 4.30. The molecular formula is C24H28O2S. The zero-order valence-corrected chi connectivity index (χ0v) is 17.1. The highest BCUT2D eigenvalue weighted by Crippen LogP contribution is 2.43. The predicted molar refractivity (Wildman–Crippen MR) is 115 cm³/mol. The Balaban J connectivity index is 1.95. The van der Waals surface area contributed by atoms with E-state index >= 15 is 0 Å². The van der Waals surface area contributed by atoms with Gasteiger partial charge in [-0.2, -0.15) is 0 Å². The van der Waals surface area contributed by atoms with E-state index in [1.54, 1.807) is 6.07 Å². The number of unbranched alkanes of at least 4 members (excludes halogenated alkanes) is 1. The minimum absolute atomic E-state index is 0.0533. The van der Waals surface area contributed by atoms with Gasteiger partial charge in [-0.05, 0) is 66.3 Å². The van der Waals surface area contributed by atoms with Crippen molar-refractivity contribution in [3.8, 4) is 5.75 Å². The molecule has 3 rings (SSSR count). The summed E-state index contributed by atoms with van der Waals surface area (Å²) in [6.07, 6.45) is 6.07. The van der Waals surface area contributed by atoms with Crippen LogP contribution in [0.3, 0.4) is 0 Å². The minimum Gasteiger partial charge on any atom is -0.507 e. The molecule has 27 heavy (non-hydrogen) atoms. The van der Waals surface area contributed by atoms with E-state index in [9.17, 15) is 9.90 Å². The Morgan fingerprint density at radius 1 is 1.15 bits per heavy atom. The molecule has 0 bridgehead atoms. The van der Waals surface area contributed by atoms with Crippen molar-refractivity contribution in [2.24, 2.45) is 5.41 Å². The highest BCUT2D eigenvalue weighted by Gasteiger charge is 2.38. The standard InChI is InChI=1S/C24H28O2S/c1-3-5-11-22(27)18-12-19-15-24(4-2,14-17-9-7-6-8-10-17)16-21(26)23(19)20(25)13-18/h6-10,12-13,25H,3-5,11,14-16H2,1-2H3. The van der Waals surface area contributed by atoms with Gasteiger partial charge in [-0.3, -0.25) is 4.79 Å². The van der Waals surface area contributed by atoms with Crippen LogP contribution in [-0.4, -0.2) is 15.8 Å². The van der Waals surface area contributed by atoms with E-state index in [2.05, 4.69) is 32.0 Å². The lowest BCUT2D eigenvalue weighted by Gasteiger charge is -2.37. The number of carbonyl (C=O) groups excluding carboxylic acids is 1. The first-order chi connectivity index (χ1) is 13.0. The molecule has 1 atom stereocenters. The van der Waals surface area contributed by atoms with Gasteiger partial charge in [0.25, 0.3) is 0 Å². The third-order valence-corrected chi connectivity index (χ3v) is 6.27. The number of aromatic hydroxyl groups is 1. The molecule has 0 aromatic heterocycles. The lowest BCUT2D eigenvalue weighted by Crippen LogP contribution is -2.34. The first-order valence-corrected chi connectivity index (χ1v) is 10.3. The SMILES string of the molecule is CCCCC(=S)c1cc(O)c2c(c1)CC(CC)(Cc1ccccc1)CC2=O. The van der Waals surface area contributed by atoms with E-state index in [-0.39, 0.29) is 16.9 Å². The summed E-state index contributed by atoms with van der Waals surface area (Å²) in [7, 11) is 0. The second-order valence-corrected chi connectivity index (χ2v) is 8.34. The van der Waals surface area contributed by atoms with Crippen LogP contribution in [0.15, 0.2) is 42.5 Å². The summed E-state index contributed by atoms with van der Waals surface area (Å²) < 4.78 is 0. The maximum atomic E-state index is 12.9. The average molecular weight is 381 g/mol. The number of phenols is 1. The second kappa shape index (κ2) is 8.35. The van der Waals surface area contributed by atoms with Gasteiger partial charge in [0, 0.05) is 11.3 Å². The molecule has 0 aliphatic heterocycles. The van der Waals surface area contributed by atoms with Crippen LogP contribution in [0.2, 0.25) is 0 Å². The molecule has 0 spiro atoms. The zero-order valence-electron chi connectivity index (χ0n) is 16.3. The molecule has 2 aromatic rings. The molecule has 1 N–H and O–H groups in total. The third-order valence-electron chi connectivity index (χ3n) is 5.83. The summed E-state index contributed by atoms with van der Waals surface area (Å²) in [4.78, 5) is 13.8. The smallest absolute Gasteiger partial charge is 0.167 e. The maximum absolute atomic E-state index is 12.9. The molecule has 2 aromatic carbocycles. The lowest BCUT2D eigenvalue weighted by atomic mass is 9.66. The fourth-order valence-corrected chi connectivity index (χ4v) is 4.48. The Morgan fingerprint density at radius 3 is 2.56 bits per heavy atom. The Morgan fingerprint density at radius 2 is 1.89 bits per heavy atom. The number of carbonyl (C=O) groups is 1. The monoisotopic (exact) mass is 380 g/mol. The molecule has 0 saturated heterocycles. The molecule has 0 fully saturated rings. The van der Waals surface area contributed by atoms with Gasteiger partial charge in [-0.1, -0.05) is 62.8 Å². The molecule has 1 unspecified atom stereocenters. The molecule has 0 saturated carbocycles. The second-order valence-electron chi connectivity index (χ2n) is 7.85. The number of benzene rings is 2. The summed E-state index contributed by atoms with van der Waals surface area (Å²) in [5.41, 5.74) is 3.53. The lowest BCUT2D eigenvalue weighted by molar-refractivity contribution is 0.0873. The number of ketones is 1. The van der Waals surface area contributed by atoms with Gasteiger partial charge >= 0.3 is 0 Å². The molecule has 0 radical (unpaired) electrons. The Bertz CT molecular complexity index is 841. The largest absolute Gasteiger partial charge is 0.507 e. The molecule has 142 valence electrons. The van der Waals surface area contributed by atoms with Crippen LogP contribution >= 0.6 is 12.2 Å². The number of phenolic OH excluding ortho intramolecular Hbond substituents is 1. The Kier molecular flexibility index (Phi) is 6.11. The number of Topliss-reactive ketones (excluding diaryl/α,β-unsaturated/α-hetero) is 1. The quantitative estimate of drug-likeness (QED) is 0.468. The van der Waals surface area contributed by atoms with E-state index in [1.807, 2.05) is 18.2 Å². The van der Waals surface area contributed by atoms with Crippen LogP contribution in [-0.2, 0) is 12.8 Å². The van der Waals surface area contributed by atoms with Crippen molar-refractivity contribution in [3.63, 3.8) is 0 Å². The van der Waals surface area contributed by atoms with Crippen LogP contribution in [0.25, 0.3) is 0 Å². The molecule has 3 heteroatoms. The van der Waals surface area contributed by atoms with Crippen molar-refractivity contribution >= 4 is 22.9 Å². The minimum atomic E-state index is -0.0957. The van der Waals surface area contributed by atoms with Gasteiger partial charge in [0.1, 0.15) is 5.75 Å². The van der Waals surface area contributed by atoms with Gasteiger partial charge in [0.2, 0.25) is 0 Å². The number of hydrogen-bond acceptors (Lipinski definition) is 3. The van der Waals surface area contributed by atoms with Crippen molar-refractivity contribution in [2.75, 3.05) is 0 Å². The van der Waals surface area contributed by atoms with Crippen molar-refractivity contribution in [1.82, 2.24) is 0 Å². The van der Waals surface area contributed by atoms with Gasteiger partial charge in [-0.25, -0.2) is 0 Å². The van der Waals surface area contributed by atoms with Crippen LogP contribution in [0.5, 0.6) is 5.75 Å². The molecule has 0 amide bonds. The van der Waals surface area contributed by atoms with E-state index in [1.165, 1.54) is 5.56 Å². The molecular weight excluding hydrogens is 352 g/mol. The van der Waals surface area contributed by atoms with Crippen LogP contribution in [0.1, 0.15) is 73.0 Å². The highest BCUT2D eigenvalue weighted by molar-refractivity contribution is 7.80. The number of rotatable bonds is 7.